The van der Waals surface area contributed by atoms with Gasteiger partial charge in [-0.15, -0.1) is 0 Å². The summed E-state index contributed by atoms with van der Waals surface area (Å²) in [5, 5.41) is 0. The van der Waals surface area contributed by atoms with E-state index in [2.05, 4.69) is 57.2 Å². The molecule has 1 atom stereocenters. The van der Waals surface area contributed by atoms with Crippen LogP contribution in [0.15, 0.2) is 36.5 Å². The fraction of sp³-hybridized carbons (Fsp3) is 0.877. The standard InChI is InChI=1S/C73H136O6/c1-4-7-10-13-16-19-22-25-28-30-31-32-33-34-35-36-37-38-39-40-41-43-45-48-51-54-57-60-63-66-72(75)78-69-70(68-77-71(74)65-62-59-56-53-50-47-44-27-24-21-18-15-12-9-6-3)79-73(76)67-64-61-58-55-52-49-46-42-29-26-23-20-17-14-11-8-5-2/h18,21,26-27,29,44,70H,4-17,19-20,22-25,28,30-43,45-69H2,1-3H3/b21-18-,29-26-,44-27-. The Morgan fingerprint density at radius 1 is 0.253 bits per heavy atom. The molecule has 6 heteroatoms. The van der Waals surface area contributed by atoms with Crippen LogP contribution in [-0.4, -0.2) is 37.2 Å². The van der Waals surface area contributed by atoms with Crippen molar-refractivity contribution in [2.45, 2.75) is 399 Å². The summed E-state index contributed by atoms with van der Waals surface area (Å²) < 4.78 is 17.0. The van der Waals surface area contributed by atoms with E-state index in [-0.39, 0.29) is 31.1 Å². The van der Waals surface area contributed by atoms with Crippen molar-refractivity contribution >= 4 is 17.9 Å². The largest absolute Gasteiger partial charge is 0.462 e. The second-order valence-electron chi connectivity index (χ2n) is 24.1. The molecule has 6 nitrogen and oxygen atoms in total. The maximum absolute atomic E-state index is 12.9. The van der Waals surface area contributed by atoms with Gasteiger partial charge in [0.15, 0.2) is 6.10 Å². The first-order valence-corrected chi connectivity index (χ1v) is 35.5. The lowest BCUT2D eigenvalue weighted by molar-refractivity contribution is -0.167. The Bertz CT molecular complexity index is 1320. The van der Waals surface area contributed by atoms with Gasteiger partial charge in [0.05, 0.1) is 0 Å². The van der Waals surface area contributed by atoms with Crippen LogP contribution in [0, 0.1) is 0 Å². The van der Waals surface area contributed by atoms with Gasteiger partial charge in [-0.3, -0.25) is 14.4 Å². The molecule has 0 aliphatic rings. The van der Waals surface area contributed by atoms with Crippen LogP contribution in [0.1, 0.15) is 393 Å². The highest BCUT2D eigenvalue weighted by Gasteiger charge is 2.19. The van der Waals surface area contributed by atoms with Crippen molar-refractivity contribution in [3.63, 3.8) is 0 Å². The van der Waals surface area contributed by atoms with Crippen molar-refractivity contribution < 1.29 is 28.6 Å². The van der Waals surface area contributed by atoms with Crippen LogP contribution in [0.4, 0.5) is 0 Å². The first-order chi connectivity index (χ1) is 39.0. The van der Waals surface area contributed by atoms with Crippen molar-refractivity contribution in [3.05, 3.63) is 36.5 Å². The molecule has 0 bridgehead atoms. The minimum Gasteiger partial charge on any atom is -0.462 e. The zero-order chi connectivity index (χ0) is 57.1. The third-order valence-corrected chi connectivity index (χ3v) is 16.1. The van der Waals surface area contributed by atoms with Gasteiger partial charge in [0.1, 0.15) is 13.2 Å². The molecule has 1 unspecified atom stereocenters. The predicted octanol–water partition coefficient (Wildman–Crippen LogP) is 24.3. The first-order valence-electron chi connectivity index (χ1n) is 35.5. The van der Waals surface area contributed by atoms with Gasteiger partial charge in [-0.05, 0) is 77.0 Å². The van der Waals surface area contributed by atoms with E-state index in [1.807, 2.05) is 0 Å². The van der Waals surface area contributed by atoms with E-state index < -0.39 is 6.10 Å². The highest BCUT2D eigenvalue weighted by molar-refractivity contribution is 5.71. The van der Waals surface area contributed by atoms with Crippen LogP contribution in [0.2, 0.25) is 0 Å². The van der Waals surface area contributed by atoms with Gasteiger partial charge in [-0.25, -0.2) is 0 Å². The normalized spacial score (nSPS) is 12.2. The molecule has 0 amide bonds. The third kappa shape index (κ3) is 66.3. The monoisotopic (exact) mass is 1110 g/mol. The molecule has 79 heavy (non-hydrogen) atoms. The van der Waals surface area contributed by atoms with Crippen LogP contribution in [0.5, 0.6) is 0 Å². The first kappa shape index (κ1) is 76.6. The van der Waals surface area contributed by atoms with Crippen molar-refractivity contribution in [1.29, 1.82) is 0 Å². The lowest BCUT2D eigenvalue weighted by atomic mass is 10.0. The number of hydrogen-bond acceptors (Lipinski definition) is 6. The maximum Gasteiger partial charge on any atom is 0.306 e. The van der Waals surface area contributed by atoms with E-state index in [9.17, 15) is 14.4 Å². The number of rotatable bonds is 66. The average Bonchev–Trinajstić information content (AvgIpc) is 3.45. The highest BCUT2D eigenvalue weighted by atomic mass is 16.6. The van der Waals surface area contributed by atoms with E-state index in [1.165, 1.54) is 276 Å². The van der Waals surface area contributed by atoms with Gasteiger partial charge >= 0.3 is 17.9 Å². The summed E-state index contributed by atoms with van der Waals surface area (Å²) in [6.45, 7) is 6.67. The number of unbranched alkanes of at least 4 members (excludes halogenated alkanes) is 49. The molecule has 0 radical (unpaired) electrons. The quantitative estimate of drug-likeness (QED) is 0.0261. The summed E-state index contributed by atoms with van der Waals surface area (Å²) in [7, 11) is 0. The summed E-state index contributed by atoms with van der Waals surface area (Å²) >= 11 is 0. The van der Waals surface area contributed by atoms with Crippen LogP contribution in [0.3, 0.4) is 0 Å². The van der Waals surface area contributed by atoms with Gasteiger partial charge in [0.2, 0.25) is 0 Å². The molecule has 0 fully saturated rings. The average molecular weight is 1110 g/mol. The zero-order valence-corrected chi connectivity index (χ0v) is 53.4. The maximum atomic E-state index is 12.9. The number of carbonyl (C=O) groups excluding carboxylic acids is 3. The minimum atomic E-state index is -0.779. The smallest absolute Gasteiger partial charge is 0.306 e. The molecule has 0 aromatic rings. The Morgan fingerprint density at radius 3 is 0.734 bits per heavy atom. The molecule has 0 saturated carbocycles. The summed E-state index contributed by atoms with van der Waals surface area (Å²) in [6, 6.07) is 0. The second-order valence-corrected chi connectivity index (χ2v) is 24.1. The molecule has 0 heterocycles. The van der Waals surface area contributed by atoms with E-state index in [1.54, 1.807) is 0 Å². The van der Waals surface area contributed by atoms with Crippen LogP contribution in [0.25, 0.3) is 0 Å². The molecule has 0 aromatic heterocycles. The predicted molar refractivity (Wildman–Crippen MR) is 344 cm³/mol. The van der Waals surface area contributed by atoms with Crippen LogP contribution in [-0.2, 0) is 28.6 Å². The van der Waals surface area contributed by atoms with Crippen molar-refractivity contribution in [2.75, 3.05) is 13.2 Å². The van der Waals surface area contributed by atoms with Gasteiger partial charge in [-0.1, -0.05) is 333 Å². The number of allylic oxidation sites excluding steroid dienone is 6. The fourth-order valence-corrected chi connectivity index (χ4v) is 10.8. The fourth-order valence-electron chi connectivity index (χ4n) is 10.8. The van der Waals surface area contributed by atoms with Crippen LogP contribution >= 0.6 is 0 Å². The summed E-state index contributed by atoms with van der Waals surface area (Å²) in [5.74, 6) is -0.866. The summed E-state index contributed by atoms with van der Waals surface area (Å²) in [6.07, 6.45) is 84.7. The van der Waals surface area contributed by atoms with E-state index in [0.29, 0.717) is 19.3 Å². The second kappa shape index (κ2) is 68.1. The molecule has 0 aliphatic heterocycles. The highest BCUT2D eigenvalue weighted by Crippen LogP contribution is 2.19. The number of esters is 3. The van der Waals surface area contributed by atoms with Gasteiger partial charge in [0, 0.05) is 19.3 Å². The summed E-state index contributed by atoms with van der Waals surface area (Å²) in [4.78, 5) is 38.4. The Balaban J connectivity index is 4.20. The molecule has 464 valence electrons. The van der Waals surface area contributed by atoms with Crippen molar-refractivity contribution in [3.8, 4) is 0 Å². The molecular formula is C73H136O6. The Morgan fingerprint density at radius 2 is 0.456 bits per heavy atom. The van der Waals surface area contributed by atoms with Crippen molar-refractivity contribution in [1.82, 2.24) is 0 Å². The molecule has 0 N–H and O–H groups in total. The van der Waals surface area contributed by atoms with Gasteiger partial charge < -0.3 is 14.2 Å². The lowest BCUT2D eigenvalue weighted by Crippen LogP contribution is -2.30. The van der Waals surface area contributed by atoms with E-state index in [4.69, 9.17) is 14.2 Å². The lowest BCUT2D eigenvalue weighted by Gasteiger charge is -2.18. The SMILES string of the molecule is CCCCC/C=C\C/C=C\CCCCCCCC(=O)OCC(COC(=O)CCCCCCCCCCCCCCCCCCCCCCCCCCCCCCC)OC(=O)CCCCCCCCC/C=C\CCCCCCCC. The molecule has 0 saturated heterocycles. The Labute approximate surface area is 493 Å². The molecule has 0 rings (SSSR count). The molecule has 0 aromatic carbocycles. The topological polar surface area (TPSA) is 78.9 Å². The molecule has 0 aliphatic carbocycles. The van der Waals surface area contributed by atoms with E-state index >= 15 is 0 Å². The number of ether oxygens (including phenoxy) is 3. The van der Waals surface area contributed by atoms with Crippen LogP contribution < -0.4 is 0 Å². The van der Waals surface area contributed by atoms with Crippen molar-refractivity contribution in [2.24, 2.45) is 0 Å². The molecule has 0 spiro atoms. The van der Waals surface area contributed by atoms with Gasteiger partial charge in [0.25, 0.3) is 0 Å². The molecular weight excluding hydrogens is 973 g/mol. The zero-order valence-electron chi connectivity index (χ0n) is 53.4. The van der Waals surface area contributed by atoms with Gasteiger partial charge in [-0.2, -0.15) is 0 Å². The third-order valence-electron chi connectivity index (χ3n) is 16.1. The Kier molecular flexibility index (Phi) is 66.1. The minimum absolute atomic E-state index is 0.0741. The number of hydrogen-bond donors (Lipinski definition) is 0. The Hall–Kier alpha value is -2.37. The number of carbonyl (C=O) groups is 3. The summed E-state index contributed by atoms with van der Waals surface area (Å²) in [5.41, 5.74) is 0. The van der Waals surface area contributed by atoms with E-state index in [0.717, 1.165) is 77.0 Å².